The molecule has 1 amide bonds. The normalized spacial score (nSPS) is 11.6. The second-order valence-corrected chi connectivity index (χ2v) is 8.98. The Labute approximate surface area is 168 Å². The molecule has 0 atom stereocenters. The maximum absolute atomic E-state index is 12.6. The zero-order valence-corrected chi connectivity index (χ0v) is 17.1. The number of carbonyl (C=O) groups is 1. The lowest BCUT2D eigenvalue weighted by molar-refractivity contribution is 0.0997. The molecule has 0 unspecified atom stereocenters. The van der Waals surface area contributed by atoms with E-state index in [9.17, 15) is 13.2 Å². The third kappa shape index (κ3) is 4.11. The maximum Gasteiger partial charge on any atom is 0.291 e. The van der Waals surface area contributed by atoms with Crippen LogP contribution in [0.5, 0.6) is 0 Å². The molecule has 0 saturated heterocycles. The molecule has 0 aliphatic carbocycles. The molecule has 2 aromatic carbocycles. The molecule has 0 aliphatic heterocycles. The number of furan rings is 1. The zero-order chi connectivity index (χ0) is 20.5. The average Bonchev–Trinajstić information content (AvgIpc) is 3.14. The summed E-state index contributed by atoms with van der Waals surface area (Å²) in [4.78, 5) is 12.7. The predicted octanol–water partition coefficient (Wildman–Crippen LogP) is 4.41. The third-order valence-corrected chi connectivity index (χ3v) is 6.26. The van der Waals surface area contributed by atoms with E-state index in [0.29, 0.717) is 16.5 Å². The first-order chi connectivity index (χ1) is 13.2. The van der Waals surface area contributed by atoms with E-state index in [-0.39, 0.29) is 10.7 Å². The van der Waals surface area contributed by atoms with Crippen LogP contribution >= 0.6 is 11.6 Å². The van der Waals surface area contributed by atoms with Crippen molar-refractivity contribution in [2.45, 2.75) is 11.8 Å². The van der Waals surface area contributed by atoms with E-state index in [1.165, 1.54) is 26.2 Å². The van der Waals surface area contributed by atoms with Gasteiger partial charge in [0.25, 0.3) is 5.91 Å². The molecule has 6 nitrogen and oxygen atoms in total. The van der Waals surface area contributed by atoms with Crippen molar-refractivity contribution >= 4 is 33.2 Å². The van der Waals surface area contributed by atoms with Gasteiger partial charge in [0.1, 0.15) is 5.76 Å². The molecule has 0 spiro atoms. The first-order valence-electron chi connectivity index (χ1n) is 8.39. The number of carbonyl (C=O) groups excluding carboxylic acids is 1. The van der Waals surface area contributed by atoms with Crippen LogP contribution in [0, 0.1) is 6.92 Å². The number of nitrogens with zero attached hydrogens (tertiary/aromatic N) is 1. The molecule has 146 valence electrons. The molecule has 3 aromatic rings. The van der Waals surface area contributed by atoms with Crippen LogP contribution in [-0.4, -0.2) is 32.7 Å². The van der Waals surface area contributed by atoms with Gasteiger partial charge in [-0.15, -0.1) is 0 Å². The van der Waals surface area contributed by atoms with Crippen LogP contribution in [0.4, 0.5) is 5.69 Å². The smallest absolute Gasteiger partial charge is 0.291 e. The molecule has 8 heteroatoms. The number of aryl methyl sites for hydroxylation is 1. The predicted molar refractivity (Wildman–Crippen MR) is 109 cm³/mol. The van der Waals surface area contributed by atoms with Crippen LogP contribution in [0.25, 0.3) is 11.3 Å². The van der Waals surface area contributed by atoms with Crippen LogP contribution in [0.2, 0.25) is 5.02 Å². The number of anilines is 1. The molecule has 1 aromatic heterocycles. The SMILES string of the molecule is Cc1ccc(S(=O)(=O)N(C)C)cc1NC(=O)c1ccc(-c2ccc(Cl)cc2)o1. The molecule has 0 radical (unpaired) electrons. The fourth-order valence-electron chi connectivity index (χ4n) is 2.52. The largest absolute Gasteiger partial charge is 0.451 e. The summed E-state index contributed by atoms with van der Waals surface area (Å²) in [7, 11) is -0.698. The van der Waals surface area contributed by atoms with Gasteiger partial charge in [0.15, 0.2) is 5.76 Å². The molecule has 0 fully saturated rings. The van der Waals surface area contributed by atoms with E-state index >= 15 is 0 Å². The van der Waals surface area contributed by atoms with E-state index in [4.69, 9.17) is 16.0 Å². The molecule has 0 aliphatic rings. The summed E-state index contributed by atoms with van der Waals surface area (Å²) in [5.41, 5.74) is 1.92. The molecular formula is C20H19ClN2O4S. The van der Waals surface area contributed by atoms with Gasteiger partial charge in [0.2, 0.25) is 10.0 Å². The standard InChI is InChI=1S/C20H19ClN2O4S/c1-13-4-9-16(28(25,26)23(2)3)12-17(13)22-20(24)19-11-10-18(27-19)14-5-7-15(21)8-6-14/h4-12H,1-3H3,(H,22,24). The first kappa shape index (κ1) is 20.1. The zero-order valence-electron chi connectivity index (χ0n) is 15.6. The quantitative estimate of drug-likeness (QED) is 0.665. The van der Waals surface area contributed by atoms with Crippen LogP contribution in [-0.2, 0) is 10.0 Å². The monoisotopic (exact) mass is 418 g/mol. The van der Waals surface area contributed by atoms with E-state index < -0.39 is 15.9 Å². The lowest BCUT2D eigenvalue weighted by Gasteiger charge is -2.14. The summed E-state index contributed by atoms with van der Waals surface area (Å²) in [5.74, 6) is 0.176. The molecular weight excluding hydrogens is 400 g/mol. The minimum atomic E-state index is -3.60. The molecule has 1 N–H and O–H groups in total. The van der Waals surface area contributed by atoms with Crippen LogP contribution in [0.15, 0.2) is 63.9 Å². The Morgan fingerprint density at radius 2 is 1.71 bits per heavy atom. The fourth-order valence-corrected chi connectivity index (χ4v) is 3.57. The third-order valence-electron chi connectivity index (χ3n) is 4.19. The fraction of sp³-hybridized carbons (Fsp3) is 0.150. The maximum atomic E-state index is 12.6. The second-order valence-electron chi connectivity index (χ2n) is 6.39. The van der Waals surface area contributed by atoms with Gasteiger partial charge in [-0.3, -0.25) is 4.79 Å². The van der Waals surface area contributed by atoms with Gasteiger partial charge in [0.05, 0.1) is 4.90 Å². The van der Waals surface area contributed by atoms with Crippen LogP contribution in [0.1, 0.15) is 16.1 Å². The van der Waals surface area contributed by atoms with Gasteiger partial charge in [0, 0.05) is 30.4 Å². The Morgan fingerprint density at radius 3 is 2.36 bits per heavy atom. The topological polar surface area (TPSA) is 79.6 Å². The number of benzene rings is 2. The molecule has 3 rings (SSSR count). The van der Waals surface area contributed by atoms with Crippen molar-refractivity contribution in [3.05, 3.63) is 70.9 Å². The van der Waals surface area contributed by atoms with Crippen molar-refractivity contribution in [1.29, 1.82) is 0 Å². The van der Waals surface area contributed by atoms with Gasteiger partial charge in [-0.05, 0) is 61.0 Å². The first-order valence-corrected chi connectivity index (χ1v) is 10.2. The second kappa shape index (κ2) is 7.79. The van der Waals surface area contributed by atoms with Crippen LogP contribution in [0.3, 0.4) is 0 Å². The summed E-state index contributed by atoms with van der Waals surface area (Å²) < 4.78 is 31.4. The number of hydrogen-bond donors (Lipinski definition) is 1. The highest BCUT2D eigenvalue weighted by Gasteiger charge is 2.20. The van der Waals surface area contributed by atoms with Gasteiger partial charge < -0.3 is 9.73 Å². The Balaban J connectivity index is 1.85. The van der Waals surface area contributed by atoms with Gasteiger partial charge >= 0.3 is 0 Å². The van der Waals surface area contributed by atoms with Crippen molar-refractivity contribution in [1.82, 2.24) is 4.31 Å². The molecule has 0 saturated carbocycles. The highest BCUT2D eigenvalue weighted by molar-refractivity contribution is 7.89. The lowest BCUT2D eigenvalue weighted by atomic mass is 10.2. The number of halogens is 1. The van der Waals surface area contributed by atoms with E-state index in [1.807, 2.05) is 0 Å². The number of rotatable bonds is 5. The number of amides is 1. The highest BCUT2D eigenvalue weighted by Crippen LogP contribution is 2.26. The Morgan fingerprint density at radius 1 is 1.04 bits per heavy atom. The summed E-state index contributed by atoms with van der Waals surface area (Å²) >= 11 is 5.88. The summed E-state index contributed by atoms with van der Waals surface area (Å²) in [5, 5.41) is 3.32. The van der Waals surface area contributed by atoms with Crippen LogP contribution < -0.4 is 5.32 Å². The van der Waals surface area contributed by atoms with Crippen molar-refractivity contribution in [2.24, 2.45) is 0 Å². The van der Waals surface area contributed by atoms with E-state index in [1.54, 1.807) is 49.4 Å². The van der Waals surface area contributed by atoms with Crippen molar-refractivity contribution in [2.75, 3.05) is 19.4 Å². The summed E-state index contributed by atoms with van der Waals surface area (Å²) in [6.45, 7) is 1.78. The minimum absolute atomic E-state index is 0.0969. The minimum Gasteiger partial charge on any atom is -0.451 e. The van der Waals surface area contributed by atoms with Gasteiger partial charge in [-0.2, -0.15) is 0 Å². The van der Waals surface area contributed by atoms with Crippen molar-refractivity contribution in [3.8, 4) is 11.3 Å². The lowest BCUT2D eigenvalue weighted by Crippen LogP contribution is -2.22. The van der Waals surface area contributed by atoms with Crippen molar-refractivity contribution in [3.63, 3.8) is 0 Å². The summed E-state index contributed by atoms with van der Waals surface area (Å²) in [6, 6.07) is 14.9. The summed E-state index contributed by atoms with van der Waals surface area (Å²) in [6.07, 6.45) is 0. The van der Waals surface area contributed by atoms with E-state index in [0.717, 1.165) is 15.4 Å². The number of nitrogens with one attached hydrogen (secondary N) is 1. The van der Waals surface area contributed by atoms with Gasteiger partial charge in [-0.1, -0.05) is 17.7 Å². The molecule has 1 heterocycles. The molecule has 0 bridgehead atoms. The highest BCUT2D eigenvalue weighted by atomic mass is 35.5. The van der Waals surface area contributed by atoms with E-state index in [2.05, 4.69) is 5.32 Å². The van der Waals surface area contributed by atoms with Gasteiger partial charge in [-0.25, -0.2) is 12.7 Å². The Bertz CT molecular complexity index is 1120. The Kier molecular flexibility index (Phi) is 5.60. The number of hydrogen-bond acceptors (Lipinski definition) is 4. The number of sulfonamides is 1. The molecule has 28 heavy (non-hydrogen) atoms. The van der Waals surface area contributed by atoms with Crippen molar-refractivity contribution < 1.29 is 17.6 Å². The average molecular weight is 419 g/mol. The Hall–Kier alpha value is -2.61.